The Morgan fingerprint density at radius 1 is 0.964 bits per heavy atom. The van der Waals surface area contributed by atoms with Crippen LogP contribution in [0.25, 0.3) is 16.7 Å². The van der Waals surface area contributed by atoms with Gasteiger partial charge in [0, 0.05) is 11.8 Å². The smallest absolute Gasteiger partial charge is 0.170 e. The average molecular weight is 413 g/mol. The summed E-state index contributed by atoms with van der Waals surface area (Å²) in [5, 5.41) is 12.1. The molecule has 2 bridgehead atoms. The molecule has 4 atom stereocenters. The molecule has 3 aliphatic rings. The molecule has 2 fully saturated rings. The Balaban J connectivity index is 1.63. The van der Waals surface area contributed by atoms with E-state index in [0.29, 0.717) is 33.2 Å². The first-order valence-corrected chi connectivity index (χ1v) is 10.8. The van der Waals surface area contributed by atoms with E-state index in [1.54, 1.807) is 6.07 Å². The molecule has 0 aromatic heterocycles. The molecule has 0 aliphatic heterocycles. The molecular weight excluding hydrogens is 391 g/mol. The van der Waals surface area contributed by atoms with Gasteiger partial charge in [0.15, 0.2) is 5.78 Å². The third-order valence-corrected chi connectivity index (χ3v) is 7.79. The molecule has 0 radical (unpaired) electrons. The fourth-order valence-electron chi connectivity index (χ4n) is 5.77. The second-order valence-corrected chi connectivity index (χ2v) is 9.18. The van der Waals surface area contributed by atoms with Gasteiger partial charge in [-0.1, -0.05) is 48.3 Å². The van der Waals surface area contributed by atoms with Gasteiger partial charge in [0.1, 0.15) is 5.76 Å². The molecule has 2 aromatic rings. The van der Waals surface area contributed by atoms with Gasteiger partial charge in [-0.25, -0.2) is 0 Å². The summed E-state index contributed by atoms with van der Waals surface area (Å²) in [6.07, 6.45) is 4.17. The maximum atomic E-state index is 13.3. The summed E-state index contributed by atoms with van der Waals surface area (Å²) in [6.45, 7) is 2.08. The lowest BCUT2D eigenvalue weighted by atomic mass is 9.80. The molecule has 28 heavy (non-hydrogen) atoms. The summed E-state index contributed by atoms with van der Waals surface area (Å²) in [5.41, 5.74) is 4.45. The minimum atomic E-state index is -0.00733. The number of aliphatic hydroxyl groups is 1. The molecule has 2 nitrogen and oxygen atoms in total. The van der Waals surface area contributed by atoms with Gasteiger partial charge in [0.2, 0.25) is 0 Å². The van der Waals surface area contributed by atoms with Crippen LogP contribution >= 0.6 is 23.2 Å². The summed E-state index contributed by atoms with van der Waals surface area (Å²) in [6, 6.07) is 11.7. The van der Waals surface area contributed by atoms with Crippen molar-refractivity contribution < 1.29 is 9.90 Å². The van der Waals surface area contributed by atoms with Gasteiger partial charge in [0.05, 0.1) is 15.6 Å². The largest absolute Gasteiger partial charge is 0.511 e. The Hall–Kier alpha value is -1.77. The van der Waals surface area contributed by atoms with E-state index in [4.69, 9.17) is 23.2 Å². The van der Waals surface area contributed by atoms with E-state index in [2.05, 4.69) is 13.0 Å². The number of fused-ring (bicyclic) bond motifs is 5. The number of aryl methyl sites for hydroxylation is 1. The van der Waals surface area contributed by atoms with Crippen molar-refractivity contribution >= 4 is 34.6 Å². The average Bonchev–Trinajstić information content (AvgIpc) is 3.37. The number of carbonyl (C=O) groups excluding carboxylic acids is 1. The second kappa shape index (κ2) is 6.64. The predicted octanol–water partition coefficient (Wildman–Crippen LogP) is 6.74. The van der Waals surface area contributed by atoms with E-state index in [9.17, 15) is 9.90 Å². The molecule has 2 aromatic carbocycles. The summed E-state index contributed by atoms with van der Waals surface area (Å²) >= 11 is 12.3. The molecular formula is C24H22Cl2O2. The lowest BCUT2D eigenvalue weighted by Crippen LogP contribution is -2.24. The van der Waals surface area contributed by atoms with Crippen molar-refractivity contribution in [1.29, 1.82) is 0 Å². The summed E-state index contributed by atoms with van der Waals surface area (Å²) < 4.78 is 0. The molecule has 1 N–H and O–H groups in total. The van der Waals surface area contributed by atoms with Crippen LogP contribution in [0, 0.1) is 23.7 Å². The first-order chi connectivity index (χ1) is 13.5. The van der Waals surface area contributed by atoms with Crippen LogP contribution in [0.15, 0.2) is 42.2 Å². The van der Waals surface area contributed by atoms with E-state index in [-0.39, 0.29) is 17.6 Å². The van der Waals surface area contributed by atoms with Gasteiger partial charge in [-0.2, -0.15) is 0 Å². The number of aliphatic hydroxyl groups excluding tert-OH is 1. The fourth-order valence-corrected chi connectivity index (χ4v) is 6.06. The molecule has 3 aliphatic carbocycles. The first-order valence-electron chi connectivity index (χ1n) is 10.1. The summed E-state index contributed by atoms with van der Waals surface area (Å²) in [7, 11) is 0. The zero-order chi connectivity index (χ0) is 19.6. The number of hydrogen-bond acceptors (Lipinski definition) is 2. The van der Waals surface area contributed by atoms with Crippen LogP contribution in [-0.2, 0) is 11.2 Å². The third-order valence-electron chi connectivity index (χ3n) is 7.05. The quantitative estimate of drug-likeness (QED) is 0.605. The minimum Gasteiger partial charge on any atom is -0.511 e. The van der Waals surface area contributed by atoms with Crippen molar-refractivity contribution in [1.82, 2.24) is 0 Å². The number of allylic oxidation sites excluding steroid dienone is 2. The molecule has 144 valence electrons. The minimum absolute atomic E-state index is 0.00733. The maximum Gasteiger partial charge on any atom is 0.170 e. The summed E-state index contributed by atoms with van der Waals surface area (Å²) in [4.78, 5) is 13.3. The van der Waals surface area contributed by atoms with E-state index >= 15 is 0 Å². The highest BCUT2D eigenvalue weighted by atomic mass is 35.5. The van der Waals surface area contributed by atoms with Gasteiger partial charge in [-0.15, -0.1) is 0 Å². The van der Waals surface area contributed by atoms with Crippen molar-refractivity contribution in [2.75, 3.05) is 0 Å². The van der Waals surface area contributed by atoms with Gasteiger partial charge in [0.25, 0.3) is 0 Å². The molecule has 0 saturated heterocycles. The Morgan fingerprint density at radius 3 is 2.32 bits per heavy atom. The SMILES string of the molecule is CCc1ccc(-c2ccc(Cl)c(Cl)c2)cc1C1=C(O)[C@@H]2C(C1=O)[C@@H]1CC[C@H]2C1. The van der Waals surface area contributed by atoms with Crippen LogP contribution in [0.2, 0.25) is 10.0 Å². The van der Waals surface area contributed by atoms with Crippen molar-refractivity contribution in [2.45, 2.75) is 32.6 Å². The van der Waals surface area contributed by atoms with Gasteiger partial charge in [-0.05, 0) is 78.0 Å². The molecule has 1 unspecified atom stereocenters. The predicted molar refractivity (Wildman–Crippen MR) is 114 cm³/mol. The number of halogens is 2. The van der Waals surface area contributed by atoms with Crippen LogP contribution in [0.4, 0.5) is 0 Å². The van der Waals surface area contributed by atoms with Crippen LogP contribution in [0.5, 0.6) is 0 Å². The lowest BCUT2D eigenvalue weighted by Gasteiger charge is -2.23. The van der Waals surface area contributed by atoms with Crippen molar-refractivity contribution in [3.8, 4) is 11.1 Å². The van der Waals surface area contributed by atoms with Crippen molar-refractivity contribution in [3.63, 3.8) is 0 Å². The van der Waals surface area contributed by atoms with Crippen LogP contribution in [0.1, 0.15) is 37.3 Å². The Bertz CT molecular complexity index is 1020. The molecule has 5 rings (SSSR count). The zero-order valence-corrected chi connectivity index (χ0v) is 17.2. The monoisotopic (exact) mass is 412 g/mol. The normalized spacial score (nSPS) is 28.3. The lowest BCUT2D eigenvalue weighted by molar-refractivity contribution is -0.118. The zero-order valence-electron chi connectivity index (χ0n) is 15.7. The van der Waals surface area contributed by atoms with Gasteiger partial charge < -0.3 is 5.11 Å². The van der Waals surface area contributed by atoms with E-state index in [1.807, 2.05) is 24.3 Å². The van der Waals surface area contributed by atoms with Crippen LogP contribution in [0.3, 0.4) is 0 Å². The molecule has 0 spiro atoms. The van der Waals surface area contributed by atoms with E-state index < -0.39 is 0 Å². The number of ketones is 1. The van der Waals surface area contributed by atoms with Gasteiger partial charge in [-0.3, -0.25) is 4.79 Å². The number of carbonyl (C=O) groups is 1. The number of Topliss-reactive ketones (excluding diaryl/α,β-unsaturated/α-hetero) is 1. The Morgan fingerprint density at radius 2 is 1.64 bits per heavy atom. The third kappa shape index (κ3) is 2.58. The number of rotatable bonds is 3. The molecule has 0 heterocycles. The first kappa shape index (κ1) is 18.3. The standard InChI is InChI=1S/C24H22Cl2O2/c1-2-12-3-4-13(14-7-8-18(25)19(26)11-14)10-17(12)22-23(27)20-15-5-6-16(9-15)21(20)24(22)28/h3-4,7-8,10-11,15-16,20-21,27H,2,5-6,9H2,1H3/t15-,16+,20-,21?/m0/s1. The number of hydrogen-bond donors (Lipinski definition) is 1. The van der Waals surface area contributed by atoms with E-state index in [0.717, 1.165) is 47.9 Å². The van der Waals surface area contributed by atoms with Gasteiger partial charge >= 0.3 is 0 Å². The highest BCUT2D eigenvalue weighted by Crippen LogP contribution is 2.60. The van der Waals surface area contributed by atoms with Crippen molar-refractivity contribution in [2.24, 2.45) is 23.7 Å². The van der Waals surface area contributed by atoms with Crippen LogP contribution in [-0.4, -0.2) is 10.9 Å². The molecule has 0 amide bonds. The summed E-state index contributed by atoms with van der Waals surface area (Å²) in [5.74, 6) is 1.44. The fraction of sp³-hybridized carbons (Fsp3) is 0.375. The second-order valence-electron chi connectivity index (χ2n) is 8.36. The van der Waals surface area contributed by atoms with Crippen LogP contribution < -0.4 is 0 Å². The Kier molecular flexibility index (Phi) is 4.33. The number of benzene rings is 2. The highest BCUT2D eigenvalue weighted by molar-refractivity contribution is 6.42. The molecule has 2 saturated carbocycles. The Labute approximate surface area is 175 Å². The topological polar surface area (TPSA) is 37.3 Å². The van der Waals surface area contributed by atoms with Crippen molar-refractivity contribution in [3.05, 3.63) is 63.3 Å². The maximum absolute atomic E-state index is 13.3. The highest BCUT2D eigenvalue weighted by Gasteiger charge is 2.57. The van der Waals surface area contributed by atoms with E-state index in [1.165, 1.54) is 0 Å². The molecule has 4 heteroatoms.